The van der Waals surface area contributed by atoms with Crippen LogP contribution in [0.1, 0.15) is 64.8 Å². The zero-order chi connectivity index (χ0) is 26.2. The number of nitrogens with zero attached hydrogens (tertiary/aromatic N) is 2. The molecule has 1 aliphatic carbocycles. The lowest BCUT2D eigenvalue weighted by molar-refractivity contribution is 0.0723. The third-order valence-electron chi connectivity index (χ3n) is 7.12. The van der Waals surface area contributed by atoms with Crippen molar-refractivity contribution in [3.05, 3.63) is 59.4 Å². The molecule has 0 spiro atoms. The molecule has 37 heavy (non-hydrogen) atoms. The number of carbonyl (C=O) groups is 2. The number of ether oxygens (including phenoxy) is 1. The minimum Gasteiger partial charge on any atom is -0.493 e. The van der Waals surface area contributed by atoms with Crippen LogP contribution in [0, 0.1) is 11.3 Å². The van der Waals surface area contributed by atoms with Crippen molar-refractivity contribution < 1.29 is 14.3 Å². The Balaban J connectivity index is 1.38. The topological polar surface area (TPSA) is 133 Å². The highest BCUT2D eigenvalue weighted by Crippen LogP contribution is 2.28. The molecule has 2 fully saturated rings. The van der Waals surface area contributed by atoms with Crippen LogP contribution in [0.25, 0.3) is 5.57 Å². The lowest BCUT2D eigenvalue weighted by Crippen LogP contribution is -2.39. The van der Waals surface area contributed by atoms with E-state index < -0.39 is 0 Å². The number of likely N-dealkylation sites (tertiary alicyclic amines) is 1. The second-order valence-corrected chi connectivity index (χ2v) is 9.65. The lowest BCUT2D eigenvalue weighted by Gasteiger charge is -2.27. The number of aromatic nitrogens is 1. The summed E-state index contributed by atoms with van der Waals surface area (Å²) in [5.74, 6) is 0.726. The Morgan fingerprint density at radius 3 is 2.73 bits per heavy atom. The lowest BCUT2D eigenvalue weighted by atomic mass is 10.0. The highest BCUT2D eigenvalue weighted by Gasteiger charge is 2.30. The normalized spacial score (nSPS) is 19.8. The van der Waals surface area contributed by atoms with E-state index in [0.29, 0.717) is 29.1 Å². The van der Waals surface area contributed by atoms with Crippen molar-refractivity contribution in [3.8, 4) is 5.75 Å². The van der Waals surface area contributed by atoms with E-state index in [2.05, 4.69) is 15.6 Å². The van der Waals surface area contributed by atoms with Gasteiger partial charge in [0.2, 0.25) is 0 Å². The summed E-state index contributed by atoms with van der Waals surface area (Å²) in [5.41, 5.74) is 8.19. The maximum atomic E-state index is 13.1. The van der Waals surface area contributed by atoms with Gasteiger partial charge in [-0.15, -0.1) is 0 Å². The quantitative estimate of drug-likeness (QED) is 0.387. The first-order valence-corrected chi connectivity index (χ1v) is 13.0. The maximum absolute atomic E-state index is 13.1. The minimum atomic E-state index is -0.285. The molecular weight excluding hydrogens is 468 g/mol. The van der Waals surface area contributed by atoms with Crippen LogP contribution in [0.3, 0.4) is 0 Å². The first-order chi connectivity index (χ1) is 18.0. The van der Waals surface area contributed by atoms with Crippen molar-refractivity contribution in [2.75, 3.05) is 32.5 Å². The van der Waals surface area contributed by atoms with Crippen LogP contribution in [-0.2, 0) is 0 Å². The fraction of sp³-hybridized carbons (Fsp3) is 0.429. The van der Waals surface area contributed by atoms with Crippen molar-refractivity contribution in [2.24, 2.45) is 5.92 Å². The Morgan fingerprint density at radius 1 is 1.16 bits per heavy atom. The summed E-state index contributed by atoms with van der Waals surface area (Å²) < 4.78 is 6.10. The standard InChI is InChI=1S/C28H36N6O3/c1-31-16-22(15-29)21-14-24(26(30)32-17-21)27(35)33-25-10-6-8-20(25)18-37-23-9-5-7-19(13-23)28(36)34-11-3-2-4-12-34/h5,7,9,13-17,20,25,29,31H,2-4,6,8,10-12,18H2,1H3,(H2,30,32)(H,33,35)/b22-16+,29-15?/t20-,25+/m1/s1. The Labute approximate surface area is 218 Å². The van der Waals surface area contributed by atoms with Gasteiger partial charge in [-0.2, -0.15) is 0 Å². The van der Waals surface area contributed by atoms with Crippen LogP contribution >= 0.6 is 0 Å². The van der Waals surface area contributed by atoms with Gasteiger partial charge in [-0.3, -0.25) is 9.59 Å². The molecule has 2 aliphatic rings. The molecule has 0 unspecified atom stereocenters. The molecule has 1 aliphatic heterocycles. The van der Waals surface area contributed by atoms with Gasteiger partial charge in [0.1, 0.15) is 11.6 Å². The average molecular weight is 505 g/mol. The maximum Gasteiger partial charge on any atom is 0.255 e. The summed E-state index contributed by atoms with van der Waals surface area (Å²) in [7, 11) is 1.74. The molecule has 1 aromatic carbocycles. The van der Waals surface area contributed by atoms with Gasteiger partial charge in [0.25, 0.3) is 11.8 Å². The molecule has 1 aromatic heterocycles. The summed E-state index contributed by atoms with van der Waals surface area (Å²) in [4.78, 5) is 32.1. The van der Waals surface area contributed by atoms with Gasteiger partial charge in [0, 0.05) is 67.4 Å². The van der Waals surface area contributed by atoms with E-state index in [-0.39, 0.29) is 35.2 Å². The monoisotopic (exact) mass is 504 g/mol. The van der Waals surface area contributed by atoms with Gasteiger partial charge < -0.3 is 31.4 Å². The molecule has 2 amide bonds. The molecule has 2 atom stereocenters. The molecule has 0 radical (unpaired) electrons. The van der Waals surface area contributed by atoms with Crippen LogP contribution in [-0.4, -0.2) is 60.7 Å². The number of piperidine rings is 1. The highest BCUT2D eigenvalue weighted by atomic mass is 16.5. The van der Waals surface area contributed by atoms with E-state index in [1.54, 1.807) is 25.5 Å². The largest absolute Gasteiger partial charge is 0.493 e. The molecule has 196 valence electrons. The molecular formula is C28H36N6O3. The van der Waals surface area contributed by atoms with Gasteiger partial charge in [0.15, 0.2) is 0 Å². The Kier molecular flexibility index (Phi) is 8.77. The van der Waals surface area contributed by atoms with Crippen molar-refractivity contribution in [3.63, 3.8) is 0 Å². The van der Waals surface area contributed by atoms with Gasteiger partial charge in [-0.1, -0.05) is 12.5 Å². The zero-order valence-electron chi connectivity index (χ0n) is 21.3. The first kappa shape index (κ1) is 26.2. The van der Waals surface area contributed by atoms with E-state index in [1.165, 1.54) is 12.6 Å². The summed E-state index contributed by atoms with van der Waals surface area (Å²) in [6, 6.07) is 8.99. The van der Waals surface area contributed by atoms with E-state index >= 15 is 0 Å². The number of rotatable bonds is 9. The number of carbonyl (C=O) groups excluding carboxylic acids is 2. The summed E-state index contributed by atoms with van der Waals surface area (Å²) in [6.45, 7) is 2.07. The third kappa shape index (κ3) is 6.47. The second-order valence-electron chi connectivity index (χ2n) is 9.65. The third-order valence-corrected chi connectivity index (χ3v) is 7.12. The van der Waals surface area contributed by atoms with Crippen LogP contribution < -0.4 is 21.1 Å². The van der Waals surface area contributed by atoms with Gasteiger partial charge in [-0.25, -0.2) is 4.98 Å². The Bertz CT molecular complexity index is 1160. The number of nitrogen functional groups attached to an aromatic ring is 1. The number of benzene rings is 1. The molecule has 5 N–H and O–H groups in total. The number of anilines is 1. The van der Waals surface area contributed by atoms with Crippen molar-refractivity contribution in [1.82, 2.24) is 20.5 Å². The predicted octanol–water partition coefficient (Wildman–Crippen LogP) is 3.48. The fourth-order valence-electron chi connectivity index (χ4n) is 5.05. The Hall–Kier alpha value is -3.88. The van der Waals surface area contributed by atoms with Gasteiger partial charge in [-0.05, 0) is 56.4 Å². The van der Waals surface area contributed by atoms with Crippen LogP contribution in [0.4, 0.5) is 5.82 Å². The van der Waals surface area contributed by atoms with Crippen molar-refractivity contribution >= 4 is 29.4 Å². The minimum absolute atomic E-state index is 0.0521. The molecule has 1 saturated carbocycles. The second kappa shape index (κ2) is 12.4. The number of pyridine rings is 1. The smallest absolute Gasteiger partial charge is 0.255 e. The zero-order valence-corrected chi connectivity index (χ0v) is 21.3. The van der Waals surface area contributed by atoms with E-state index in [0.717, 1.165) is 45.2 Å². The van der Waals surface area contributed by atoms with Gasteiger partial charge in [0.05, 0.1) is 12.2 Å². The highest BCUT2D eigenvalue weighted by molar-refractivity contribution is 6.09. The van der Waals surface area contributed by atoms with Crippen LogP contribution in [0.5, 0.6) is 5.75 Å². The molecule has 1 saturated heterocycles. The molecule has 2 aromatic rings. The average Bonchev–Trinajstić information content (AvgIpc) is 3.37. The van der Waals surface area contributed by atoms with Crippen molar-refractivity contribution in [2.45, 2.75) is 44.6 Å². The van der Waals surface area contributed by atoms with Crippen LogP contribution in [0.15, 0.2) is 42.7 Å². The van der Waals surface area contributed by atoms with E-state index in [4.69, 9.17) is 15.9 Å². The number of nitrogens with two attached hydrogens (primary N) is 1. The summed E-state index contributed by atoms with van der Waals surface area (Å²) >= 11 is 0. The Morgan fingerprint density at radius 2 is 1.97 bits per heavy atom. The van der Waals surface area contributed by atoms with Crippen molar-refractivity contribution in [1.29, 1.82) is 5.41 Å². The number of allylic oxidation sites excluding steroid dienone is 1. The summed E-state index contributed by atoms with van der Waals surface area (Å²) in [6.07, 6.45) is 10.5. The molecule has 2 heterocycles. The molecule has 0 bridgehead atoms. The number of hydrogen-bond donors (Lipinski definition) is 4. The fourth-order valence-corrected chi connectivity index (χ4v) is 5.05. The van der Waals surface area contributed by atoms with Crippen LogP contribution in [0.2, 0.25) is 0 Å². The molecule has 9 nitrogen and oxygen atoms in total. The summed E-state index contributed by atoms with van der Waals surface area (Å²) in [5, 5.41) is 13.6. The number of nitrogens with one attached hydrogen (secondary N) is 3. The number of hydrogen-bond acceptors (Lipinski definition) is 7. The molecule has 4 rings (SSSR count). The van der Waals surface area contributed by atoms with E-state index in [1.807, 2.05) is 29.2 Å². The van der Waals surface area contributed by atoms with Gasteiger partial charge >= 0.3 is 0 Å². The SMILES string of the molecule is CN/C=C(\C=N)c1cnc(N)c(C(=O)N[C@H]2CCC[C@@H]2COc2cccc(C(=O)N3CCCCC3)c2)c1. The predicted molar refractivity (Wildman–Crippen MR) is 145 cm³/mol. The van der Waals surface area contributed by atoms with E-state index in [9.17, 15) is 9.59 Å². The first-order valence-electron chi connectivity index (χ1n) is 13.0. The molecule has 9 heteroatoms. The number of amides is 2.